The molecule has 3 aromatic carbocycles. The van der Waals surface area contributed by atoms with Gasteiger partial charge in [0.25, 0.3) is 0 Å². The lowest BCUT2D eigenvalue weighted by molar-refractivity contribution is 0.101. The molecule has 0 amide bonds. The van der Waals surface area contributed by atoms with E-state index in [2.05, 4.69) is 41.7 Å². The Morgan fingerprint density at radius 1 is 1.07 bits per heavy atom. The Morgan fingerprint density at radius 2 is 1.90 bits per heavy atom. The molecule has 1 aliphatic carbocycles. The highest BCUT2D eigenvalue weighted by molar-refractivity contribution is 6.00. The maximum atomic E-state index is 12.7. The first-order valence-corrected chi connectivity index (χ1v) is 10.4. The minimum absolute atomic E-state index is 0.0737. The third-order valence-corrected chi connectivity index (χ3v) is 5.92. The number of ether oxygens (including phenoxy) is 1. The summed E-state index contributed by atoms with van der Waals surface area (Å²) in [5.74, 6) is 0.809. The van der Waals surface area contributed by atoms with Gasteiger partial charge in [-0.1, -0.05) is 54.6 Å². The smallest absolute Gasteiger partial charge is 0.182 e. The van der Waals surface area contributed by atoms with Gasteiger partial charge in [0.15, 0.2) is 5.78 Å². The summed E-state index contributed by atoms with van der Waals surface area (Å²) >= 11 is 0. The standard InChI is InChI=1S/C27H27NO2/c1-18-8-6-12-22(19(18)2)26(29)17-28-25-15-14-21(16-27(25)30-3)24-13-7-10-20-9-4-5-11-23(20)24/h5-8,10-16,28H,4,9,17H2,1-3H3. The zero-order valence-corrected chi connectivity index (χ0v) is 17.8. The van der Waals surface area contributed by atoms with Crippen LogP contribution in [0.1, 0.15) is 39.0 Å². The van der Waals surface area contributed by atoms with Crippen molar-refractivity contribution in [3.8, 4) is 16.9 Å². The van der Waals surface area contributed by atoms with E-state index in [1.807, 2.05) is 44.2 Å². The van der Waals surface area contributed by atoms with Crippen LogP contribution in [0.5, 0.6) is 5.75 Å². The second-order valence-electron chi connectivity index (χ2n) is 7.76. The second kappa shape index (κ2) is 8.58. The molecule has 1 aliphatic rings. The van der Waals surface area contributed by atoms with E-state index in [1.54, 1.807) is 7.11 Å². The number of ketones is 1. The molecule has 0 fully saturated rings. The van der Waals surface area contributed by atoms with Crippen LogP contribution in [0.15, 0.2) is 60.7 Å². The molecule has 0 aromatic heterocycles. The van der Waals surface area contributed by atoms with Gasteiger partial charge in [0.05, 0.1) is 19.3 Å². The van der Waals surface area contributed by atoms with Crippen molar-refractivity contribution in [1.29, 1.82) is 0 Å². The van der Waals surface area contributed by atoms with E-state index < -0.39 is 0 Å². The first-order chi connectivity index (χ1) is 14.6. The number of hydrogen-bond acceptors (Lipinski definition) is 3. The Bertz CT molecular complexity index is 1130. The number of anilines is 1. The summed E-state index contributed by atoms with van der Waals surface area (Å²) in [6.07, 6.45) is 6.63. The molecule has 0 radical (unpaired) electrons. The van der Waals surface area contributed by atoms with Crippen molar-refractivity contribution in [2.45, 2.75) is 26.7 Å². The van der Waals surface area contributed by atoms with Crippen LogP contribution >= 0.6 is 0 Å². The lowest BCUT2D eigenvalue weighted by Crippen LogP contribution is -2.16. The summed E-state index contributed by atoms with van der Waals surface area (Å²) in [4.78, 5) is 12.7. The average Bonchev–Trinajstić information content (AvgIpc) is 2.78. The first-order valence-electron chi connectivity index (χ1n) is 10.4. The highest BCUT2D eigenvalue weighted by Gasteiger charge is 2.14. The molecule has 3 nitrogen and oxygen atoms in total. The summed E-state index contributed by atoms with van der Waals surface area (Å²) in [5.41, 5.74) is 8.74. The van der Waals surface area contributed by atoms with E-state index >= 15 is 0 Å². The molecule has 3 heteroatoms. The predicted octanol–water partition coefficient (Wildman–Crippen LogP) is 6.23. The van der Waals surface area contributed by atoms with Gasteiger partial charge in [-0.3, -0.25) is 4.79 Å². The van der Waals surface area contributed by atoms with Crippen LogP contribution in [0.2, 0.25) is 0 Å². The monoisotopic (exact) mass is 397 g/mol. The summed E-state index contributed by atoms with van der Waals surface area (Å²) in [6, 6.07) is 18.5. The molecular weight excluding hydrogens is 370 g/mol. The molecule has 0 aliphatic heterocycles. The Labute approximate surface area is 178 Å². The molecule has 0 spiro atoms. The van der Waals surface area contributed by atoms with Crippen molar-refractivity contribution in [2.75, 3.05) is 19.0 Å². The summed E-state index contributed by atoms with van der Waals surface area (Å²) in [7, 11) is 1.66. The fraction of sp³-hybridized carbons (Fsp3) is 0.222. The number of carbonyl (C=O) groups excluding carboxylic acids is 1. The van der Waals surface area contributed by atoms with E-state index in [-0.39, 0.29) is 12.3 Å². The van der Waals surface area contributed by atoms with Crippen LogP contribution in [0.25, 0.3) is 17.2 Å². The van der Waals surface area contributed by atoms with Gasteiger partial charge in [-0.15, -0.1) is 0 Å². The molecule has 3 aromatic rings. The Kier molecular flexibility index (Phi) is 5.71. The molecule has 0 saturated carbocycles. The molecule has 0 heterocycles. The molecule has 0 saturated heterocycles. The van der Waals surface area contributed by atoms with Crippen molar-refractivity contribution < 1.29 is 9.53 Å². The van der Waals surface area contributed by atoms with Gasteiger partial charge in [0, 0.05) is 5.56 Å². The third kappa shape index (κ3) is 3.88. The Hall–Kier alpha value is -3.33. The number of allylic oxidation sites excluding steroid dienone is 1. The van der Waals surface area contributed by atoms with Crippen molar-refractivity contribution >= 4 is 17.5 Å². The second-order valence-corrected chi connectivity index (χ2v) is 7.76. The first kappa shape index (κ1) is 20.0. The maximum absolute atomic E-state index is 12.7. The van der Waals surface area contributed by atoms with Crippen LogP contribution in [0, 0.1) is 13.8 Å². The van der Waals surface area contributed by atoms with E-state index in [0.717, 1.165) is 46.5 Å². The summed E-state index contributed by atoms with van der Waals surface area (Å²) in [6.45, 7) is 4.25. The number of methoxy groups -OCH3 is 1. The molecule has 1 N–H and O–H groups in total. The molecule has 0 bridgehead atoms. The van der Waals surface area contributed by atoms with E-state index in [1.165, 1.54) is 16.7 Å². The lowest BCUT2D eigenvalue weighted by Gasteiger charge is -2.17. The summed E-state index contributed by atoms with van der Waals surface area (Å²) in [5, 5.41) is 3.26. The van der Waals surface area contributed by atoms with Crippen molar-refractivity contribution in [3.05, 3.63) is 88.5 Å². The topological polar surface area (TPSA) is 38.3 Å². The minimum atomic E-state index is 0.0737. The molecule has 0 unspecified atom stereocenters. The van der Waals surface area contributed by atoms with Crippen LogP contribution in [-0.4, -0.2) is 19.4 Å². The number of fused-ring (bicyclic) bond motifs is 1. The van der Waals surface area contributed by atoms with Crippen LogP contribution in [0.3, 0.4) is 0 Å². The number of nitrogens with one attached hydrogen (secondary N) is 1. The van der Waals surface area contributed by atoms with Crippen LogP contribution in [-0.2, 0) is 6.42 Å². The van der Waals surface area contributed by atoms with Gasteiger partial charge in [0.2, 0.25) is 0 Å². The molecule has 0 atom stereocenters. The quantitative estimate of drug-likeness (QED) is 0.501. The Balaban J connectivity index is 1.57. The van der Waals surface area contributed by atoms with Crippen LogP contribution in [0.4, 0.5) is 5.69 Å². The van der Waals surface area contributed by atoms with Crippen molar-refractivity contribution in [1.82, 2.24) is 0 Å². The number of Topliss-reactive ketones (excluding diaryl/α,β-unsaturated/α-hetero) is 1. The number of aryl methyl sites for hydroxylation is 2. The van der Waals surface area contributed by atoms with Gasteiger partial charge >= 0.3 is 0 Å². The average molecular weight is 398 g/mol. The highest BCUT2D eigenvalue weighted by atomic mass is 16.5. The maximum Gasteiger partial charge on any atom is 0.182 e. The zero-order chi connectivity index (χ0) is 21.1. The lowest BCUT2D eigenvalue weighted by atomic mass is 9.90. The number of benzene rings is 3. The summed E-state index contributed by atoms with van der Waals surface area (Å²) < 4.78 is 5.64. The van der Waals surface area contributed by atoms with Crippen molar-refractivity contribution in [3.63, 3.8) is 0 Å². The van der Waals surface area contributed by atoms with Crippen LogP contribution < -0.4 is 10.1 Å². The van der Waals surface area contributed by atoms with E-state index in [0.29, 0.717) is 0 Å². The Morgan fingerprint density at radius 3 is 2.73 bits per heavy atom. The number of carbonyl (C=O) groups is 1. The number of hydrogen-bond donors (Lipinski definition) is 1. The normalized spacial score (nSPS) is 12.4. The van der Waals surface area contributed by atoms with Gasteiger partial charge < -0.3 is 10.1 Å². The van der Waals surface area contributed by atoms with E-state index in [4.69, 9.17) is 4.74 Å². The third-order valence-electron chi connectivity index (χ3n) is 5.92. The zero-order valence-electron chi connectivity index (χ0n) is 17.8. The fourth-order valence-corrected chi connectivity index (χ4v) is 4.05. The van der Waals surface area contributed by atoms with Gasteiger partial charge in [-0.2, -0.15) is 0 Å². The van der Waals surface area contributed by atoms with Gasteiger partial charge in [-0.25, -0.2) is 0 Å². The fourth-order valence-electron chi connectivity index (χ4n) is 4.05. The molecular formula is C27H27NO2. The van der Waals surface area contributed by atoms with E-state index in [9.17, 15) is 4.79 Å². The number of rotatable bonds is 6. The van der Waals surface area contributed by atoms with Crippen molar-refractivity contribution in [2.24, 2.45) is 0 Å². The highest BCUT2D eigenvalue weighted by Crippen LogP contribution is 2.35. The van der Waals surface area contributed by atoms with Gasteiger partial charge in [-0.05, 0) is 72.2 Å². The van der Waals surface area contributed by atoms with Gasteiger partial charge in [0.1, 0.15) is 5.75 Å². The largest absolute Gasteiger partial charge is 0.495 e. The SMILES string of the molecule is COc1cc(-c2cccc3c2C=CCC3)ccc1NCC(=O)c1cccc(C)c1C. The molecule has 4 rings (SSSR count). The minimum Gasteiger partial charge on any atom is -0.495 e. The molecule has 30 heavy (non-hydrogen) atoms. The predicted molar refractivity (Wildman–Crippen MR) is 125 cm³/mol. The molecule has 152 valence electrons.